The second-order valence-electron chi connectivity index (χ2n) is 4.84. The number of amides is 1. The second-order valence-corrected chi connectivity index (χ2v) is 5.37. The van der Waals surface area contributed by atoms with Crippen molar-refractivity contribution in [1.82, 2.24) is 8.75 Å². The van der Waals surface area contributed by atoms with Gasteiger partial charge in [-0.1, -0.05) is 18.9 Å². The monoisotopic (exact) mass is 261 g/mol. The molecule has 18 heavy (non-hydrogen) atoms. The van der Waals surface area contributed by atoms with Crippen molar-refractivity contribution in [2.24, 2.45) is 5.92 Å². The van der Waals surface area contributed by atoms with Gasteiger partial charge in [0.15, 0.2) is 0 Å². The minimum absolute atomic E-state index is 0.0994. The Morgan fingerprint density at radius 3 is 3.00 bits per heavy atom. The molecule has 1 aliphatic rings. The number of nitrogens with one attached hydrogen (secondary N) is 1. The highest BCUT2D eigenvalue weighted by Crippen LogP contribution is 2.28. The van der Waals surface area contributed by atoms with Gasteiger partial charge in [-0.15, -0.1) is 0 Å². The van der Waals surface area contributed by atoms with E-state index in [1.807, 2.05) is 18.2 Å². The van der Waals surface area contributed by atoms with Crippen LogP contribution in [-0.2, 0) is 4.79 Å². The zero-order chi connectivity index (χ0) is 12.4. The van der Waals surface area contributed by atoms with Gasteiger partial charge in [0.2, 0.25) is 5.91 Å². The summed E-state index contributed by atoms with van der Waals surface area (Å²) in [5.74, 6) is 0.667. The lowest BCUT2D eigenvalue weighted by Gasteiger charge is -2.09. The van der Waals surface area contributed by atoms with Crippen molar-refractivity contribution in [3.8, 4) is 0 Å². The Morgan fingerprint density at radius 1 is 1.33 bits per heavy atom. The van der Waals surface area contributed by atoms with Gasteiger partial charge in [0, 0.05) is 6.42 Å². The number of rotatable bonds is 3. The van der Waals surface area contributed by atoms with Crippen LogP contribution in [0.25, 0.3) is 11.0 Å². The van der Waals surface area contributed by atoms with Gasteiger partial charge in [-0.3, -0.25) is 4.79 Å². The minimum atomic E-state index is 0.0994. The maximum atomic E-state index is 12.0. The van der Waals surface area contributed by atoms with Crippen LogP contribution in [0.2, 0.25) is 0 Å². The predicted molar refractivity (Wildman–Crippen MR) is 72.6 cm³/mol. The lowest BCUT2D eigenvalue weighted by molar-refractivity contribution is -0.117. The molecule has 1 saturated carbocycles. The van der Waals surface area contributed by atoms with Crippen molar-refractivity contribution in [2.75, 3.05) is 5.32 Å². The molecule has 0 bridgehead atoms. The number of nitrogens with zero attached hydrogens (tertiary/aromatic N) is 2. The molecule has 3 rings (SSSR count). The maximum absolute atomic E-state index is 12.0. The SMILES string of the molecule is O=C(CC1CCCC1)Nc1cccc2nsnc12. The Bertz CT molecular complexity index is 560. The van der Waals surface area contributed by atoms with Crippen LogP contribution in [0.5, 0.6) is 0 Å². The number of carbonyl (C=O) groups is 1. The Kier molecular flexibility index (Phi) is 3.23. The summed E-state index contributed by atoms with van der Waals surface area (Å²) in [4.78, 5) is 12.0. The van der Waals surface area contributed by atoms with E-state index >= 15 is 0 Å². The van der Waals surface area contributed by atoms with Gasteiger partial charge >= 0.3 is 0 Å². The zero-order valence-electron chi connectivity index (χ0n) is 10.1. The van der Waals surface area contributed by atoms with E-state index in [4.69, 9.17) is 0 Å². The molecule has 1 amide bonds. The van der Waals surface area contributed by atoms with Gasteiger partial charge in [-0.05, 0) is 30.9 Å². The number of aromatic nitrogens is 2. The average molecular weight is 261 g/mol. The molecule has 0 spiro atoms. The van der Waals surface area contributed by atoms with E-state index in [1.54, 1.807) is 0 Å². The largest absolute Gasteiger partial charge is 0.324 e. The molecule has 0 unspecified atom stereocenters. The minimum Gasteiger partial charge on any atom is -0.324 e. The van der Waals surface area contributed by atoms with Crippen molar-refractivity contribution < 1.29 is 4.79 Å². The summed E-state index contributed by atoms with van der Waals surface area (Å²) >= 11 is 1.18. The van der Waals surface area contributed by atoms with Crippen LogP contribution >= 0.6 is 11.7 Å². The molecule has 5 heteroatoms. The lowest BCUT2D eigenvalue weighted by Crippen LogP contribution is -2.15. The lowest BCUT2D eigenvalue weighted by atomic mass is 10.0. The Balaban J connectivity index is 1.71. The normalized spacial score (nSPS) is 16.2. The summed E-state index contributed by atoms with van der Waals surface area (Å²) in [5, 5.41) is 2.96. The van der Waals surface area contributed by atoms with E-state index in [1.165, 1.54) is 37.4 Å². The standard InChI is InChI=1S/C13H15N3OS/c17-12(8-9-4-1-2-5-9)14-10-6-3-7-11-13(10)16-18-15-11/h3,6-7,9H,1-2,4-5,8H2,(H,14,17). The van der Waals surface area contributed by atoms with E-state index in [2.05, 4.69) is 14.1 Å². The fraction of sp³-hybridized carbons (Fsp3) is 0.462. The molecule has 0 radical (unpaired) electrons. The van der Waals surface area contributed by atoms with Gasteiger partial charge in [-0.2, -0.15) is 8.75 Å². The van der Waals surface area contributed by atoms with Crippen LogP contribution in [0.1, 0.15) is 32.1 Å². The molecule has 1 fully saturated rings. The van der Waals surface area contributed by atoms with Crippen molar-refractivity contribution >= 4 is 34.4 Å². The molecule has 1 N–H and O–H groups in total. The Hall–Kier alpha value is -1.49. The summed E-state index contributed by atoms with van der Waals surface area (Å²) in [6, 6.07) is 5.69. The van der Waals surface area contributed by atoms with E-state index < -0.39 is 0 Å². The number of benzene rings is 1. The van der Waals surface area contributed by atoms with Gasteiger partial charge < -0.3 is 5.32 Å². The summed E-state index contributed by atoms with van der Waals surface area (Å²) in [7, 11) is 0. The van der Waals surface area contributed by atoms with Crippen LogP contribution in [-0.4, -0.2) is 14.7 Å². The Morgan fingerprint density at radius 2 is 2.17 bits per heavy atom. The van der Waals surface area contributed by atoms with Gasteiger partial charge in [-0.25, -0.2) is 0 Å². The number of anilines is 1. The van der Waals surface area contributed by atoms with Crippen molar-refractivity contribution in [2.45, 2.75) is 32.1 Å². The average Bonchev–Trinajstić information content (AvgIpc) is 2.99. The van der Waals surface area contributed by atoms with Crippen LogP contribution in [0.15, 0.2) is 18.2 Å². The summed E-state index contributed by atoms with van der Waals surface area (Å²) in [5.41, 5.74) is 2.42. The highest BCUT2D eigenvalue weighted by Gasteiger charge is 2.19. The van der Waals surface area contributed by atoms with Crippen molar-refractivity contribution in [1.29, 1.82) is 0 Å². The highest BCUT2D eigenvalue weighted by atomic mass is 32.1. The van der Waals surface area contributed by atoms with E-state index in [-0.39, 0.29) is 5.91 Å². The fourth-order valence-electron chi connectivity index (χ4n) is 2.58. The van der Waals surface area contributed by atoms with E-state index in [9.17, 15) is 4.79 Å². The summed E-state index contributed by atoms with van der Waals surface area (Å²) in [6.45, 7) is 0. The molecule has 0 aliphatic heterocycles. The molecule has 1 heterocycles. The van der Waals surface area contributed by atoms with Gasteiger partial charge in [0.1, 0.15) is 11.0 Å². The van der Waals surface area contributed by atoms with Crippen LogP contribution in [0, 0.1) is 5.92 Å². The van der Waals surface area contributed by atoms with Crippen LogP contribution in [0.3, 0.4) is 0 Å². The smallest absolute Gasteiger partial charge is 0.224 e. The number of carbonyl (C=O) groups excluding carboxylic acids is 1. The molecular formula is C13H15N3OS. The zero-order valence-corrected chi connectivity index (χ0v) is 10.9. The third-order valence-corrected chi connectivity index (χ3v) is 4.05. The van der Waals surface area contributed by atoms with Crippen molar-refractivity contribution in [3.63, 3.8) is 0 Å². The fourth-order valence-corrected chi connectivity index (χ4v) is 3.13. The highest BCUT2D eigenvalue weighted by molar-refractivity contribution is 7.00. The summed E-state index contributed by atoms with van der Waals surface area (Å²) < 4.78 is 8.39. The second kappa shape index (κ2) is 5.02. The number of hydrogen-bond donors (Lipinski definition) is 1. The maximum Gasteiger partial charge on any atom is 0.224 e. The number of fused-ring (bicyclic) bond motifs is 1. The first-order valence-electron chi connectivity index (χ1n) is 6.34. The molecule has 2 aromatic rings. The summed E-state index contributed by atoms with van der Waals surface area (Å²) in [6.07, 6.45) is 5.55. The first-order valence-corrected chi connectivity index (χ1v) is 7.07. The molecule has 1 aliphatic carbocycles. The predicted octanol–water partition coefficient (Wildman–Crippen LogP) is 3.21. The quantitative estimate of drug-likeness (QED) is 0.923. The molecule has 1 aromatic heterocycles. The van der Waals surface area contributed by atoms with Crippen molar-refractivity contribution in [3.05, 3.63) is 18.2 Å². The molecular weight excluding hydrogens is 246 g/mol. The molecule has 0 saturated heterocycles. The molecule has 94 valence electrons. The van der Waals surface area contributed by atoms with Crippen LogP contribution in [0.4, 0.5) is 5.69 Å². The molecule has 0 atom stereocenters. The topological polar surface area (TPSA) is 54.9 Å². The molecule has 1 aromatic carbocycles. The van der Waals surface area contributed by atoms with Crippen LogP contribution < -0.4 is 5.32 Å². The Labute approximate surface area is 110 Å². The first-order chi connectivity index (χ1) is 8.83. The molecule has 4 nitrogen and oxygen atoms in total. The third-order valence-electron chi connectivity index (χ3n) is 3.51. The first kappa shape index (κ1) is 11.6. The van der Waals surface area contributed by atoms with E-state index in [0.717, 1.165) is 16.7 Å². The van der Waals surface area contributed by atoms with E-state index in [0.29, 0.717) is 12.3 Å². The van der Waals surface area contributed by atoms with Gasteiger partial charge in [0.05, 0.1) is 17.4 Å². The third kappa shape index (κ3) is 2.36. The number of hydrogen-bond acceptors (Lipinski definition) is 4. The van der Waals surface area contributed by atoms with Gasteiger partial charge in [0.25, 0.3) is 0 Å².